The van der Waals surface area contributed by atoms with Crippen molar-refractivity contribution in [2.24, 2.45) is 30.7 Å². The highest BCUT2D eigenvalue weighted by Crippen LogP contribution is 2.39. The molecule has 1 unspecified atom stereocenters. The summed E-state index contributed by atoms with van der Waals surface area (Å²) in [6, 6.07) is 43.4. The van der Waals surface area contributed by atoms with Crippen LogP contribution in [0.15, 0.2) is 164 Å². The third kappa shape index (κ3) is 8.84. The molecule has 7 aromatic rings. The molecule has 0 heterocycles. The Hall–Kier alpha value is -6.61. The monoisotopic (exact) mass is 739 g/mol. The Balaban J connectivity index is 1.10. The molecule has 280 valence electrons. The number of fused-ring (bicyclic) bond motifs is 3. The first-order valence-electron chi connectivity index (χ1n) is 19.4. The molecular formula is C47H45N7O2. The molecule has 0 amide bonds. The first-order valence-corrected chi connectivity index (χ1v) is 19.4. The van der Waals surface area contributed by atoms with E-state index in [0.29, 0.717) is 35.3 Å². The molecule has 0 saturated carbocycles. The molecule has 1 N–H and O–H groups in total. The van der Waals surface area contributed by atoms with Crippen LogP contribution in [-0.4, -0.2) is 18.6 Å². The summed E-state index contributed by atoms with van der Waals surface area (Å²) in [6.07, 6.45) is 5.26. The van der Waals surface area contributed by atoms with Crippen LogP contribution in [0.3, 0.4) is 0 Å². The van der Waals surface area contributed by atoms with Crippen molar-refractivity contribution >= 4 is 78.1 Å². The van der Waals surface area contributed by atoms with Crippen LogP contribution in [0, 0.1) is 0 Å². The van der Waals surface area contributed by atoms with Gasteiger partial charge in [0, 0.05) is 44.0 Å². The molecule has 0 saturated heterocycles. The molecule has 1 atom stereocenters. The van der Waals surface area contributed by atoms with Gasteiger partial charge in [-0.05, 0) is 80.4 Å². The first-order chi connectivity index (χ1) is 27.5. The number of azo groups is 3. The quantitative estimate of drug-likeness (QED) is 0.0641. The molecule has 0 aliphatic rings. The van der Waals surface area contributed by atoms with Crippen molar-refractivity contribution in [1.82, 2.24) is 0 Å². The van der Waals surface area contributed by atoms with Crippen molar-refractivity contribution in [1.29, 1.82) is 0 Å². The van der Waals surface area contributed by atoms with Crippen LogP contribution in [0.4, 0.5) is 39.8 Å². The van der Waals surface area contributed by atoms with Gasteiger partial charge in [-0.15, -0.1) is 25.6 Å². The number of esters is 1. The molecular weight excluding hydrogens is 695 g/mol. The summed E-state index contributed by atoms with van der Waals surface area (Å²) in [7, 11) is 0. The number of benzene rings is 7. The Bertz CT molecular complexity index is 2560. The molecule has 9 heteroatoms. The maximum Gasteiger partial charge on any atom is 0.338 e. The highest BCUT2D eigenvalue weighted by atomic mass is 16.5. The predicted molar refractivity (Wildman–Crippen MR) is 229 cm³/mol. The van der Waals surface area contributed by atoms with Gasteiger partial charge in [0.1, 0.15) is 0 Å². The second-order valence-corrected chi connectivity index (χ2v) is 13.8. The molecule has 0 aromatic heterocycles. The Labute approximate surface area is 327 Å². The van der Waals surface area contributed by atoms with E-state index in [2.05, 4.69) is 54.5 Å². The highest BCUT2D eigenvalue weighted by molar-refractivity contribution is 6.02. The first kappa shape index (κ1) is 37.7. The van der Waals surface area contributed by atoms with E-state index >= 15 is 0 Å². The molecule has 9 nitrogen and oxygen atoms in total. The summed E-state index contributed by atoms with van der Waals surface area (Å²) in [5, 5.41) is 37.3. The van der Waals surface area contributed by atoms with Crippen molar-refractivity contribution in [2.75, 3.05) is 11.9 Å². The number of nitrogens with one attached hydrogen (secondary N) is 1. The lowest BCUT2D eigenvalue weighted by Crippen LogP contribution is -2.13. The Morgan fingerprint density at radius 1 is 0.518 bits per heavy atom. The largest absolute Gasteiger partial charge is 0.462 e. The average Bonchev–Trinajstić information content (AvgIpc) is 3.25. The third-order valence-corrected chi connectivity index (χ3v) is 9.81. The van der Waals surface area contributed by atoms with Gasteiger partial charge in [-0.3, -0.25) is 0 Å². The zero-order chi connectivity index (χ0) is 38.7. The van der Waals surface area contributed by atoms with Crippen molar-refractivity contribution in [3.8, 4) is 0 Å². The number of carbonyl (C=O) groups is 1. The Kier molecular flexibility index (Phi) is 12.2. The van der Waals surface area contributed by atoms with Gasteiger partial charge in [0.05, 0.1) is 46.3 Å². The van der Waals surface area contributed by atoms with Crippen molar-refractivity contribution < 1.29 is 9.53 Å². The van der Waals surface area contributed by atoms with Crippen molar-refractivity contribution in [3.63, 3.8) is 0 Å². The van der Waals surface area contributed by atoms with Crippen LogP contribution in [0.25, 0.3) is 32.3 Å². The lowest BCUT2D eigenvalue weighted by atomic mass is 10.1. The maximum absolute atomic E-state index is 12.4. The predicted octanol–water partition coefficient (Wildman–Crippen LogP) is 15.3. The minimum Gasteiger partial charge on any atom is -0.462 e. The summed E-state index contributed by atoms with van der Waals surface area (Å²) >= 11 is 0. The zero-order valence-electron chi connectivity index (χ0n) is 32.0. The standard InChI is InChI=1S/C47H45N7O2/c1-4-6-7-14-31-56-47(55)33-21-23-34(24-22-33)49-50-42-27-28-44(38-18-11-10-17-37(38)42)53-54-46-30-29-45(39-19-12-13-20-40(39)46)52-51-43-26-25-41(48-32(3)5-2)35-15-8-9-16-36(35)43/h8-13,15-30,32,48H,4-7,14,31H2,1-3H3/b50-49+,52-51+,54-53+. The summed E-state index contributed by atoms with van der Waals surface area (Å²) in [6.45, 7) is 6.95. The summed E-state index contributed by atoms with van der Waals surface area (Å²) in [4.78, 5) is 12.4. The lowest BCUT2D eigenvalue weighted by molar-refractivity contribution is 0.0498. The normalized spacial score (nSPS) is 12.4. The number of ether oxygens (including phenoxy) is 1. The van der Waals surface area contributed by atoms with Gasteiger partial charge in [0.2, 0.25) is 0 Å². The molecule has 7 rings (SSSR count). The second kappa shape index (κ2) is 18.1. The number of rotatable bonds is 15. The van der Waals surface area contributed by atoms with Crippen LogP contribution >= 0.6 is 0 Å². The van der Waals surface area contributed by atoms with Gasteiger partial charge in [0.25, 0.3) is 0 Å². The molecule has 0 radical (unpaired) electrons. The van der Waals surface area contributed by atoms with E-state index in [1.807, 2.05) is 91.0 Å². The van der Waals surface area contributed by atoms with E-state index in [9.17, 15) is 4.79 Å². The molecule has 0 aliphatic heterocycles. The van der Waals surface area contributed by atoms with E-state index in [4.69, 9.17) is 25.2 Å². The third-order valence-electron chi connectivity index (χ3n) is 9.81. The zero-order valence-corrected chi connectivity index (χ0v) is 32.0. The summed E-state index contributed by atoms with van der Waals surface area (Å²) < 4.78 is 5.41. The van der Waals surface area contributed by atoms with Gasteiger partial charge in [-0.2, -0.15) is 5.11 Å². The summed E-state index contributed by atoms with van der Waals surface area (Å²) in [5.41, 5.74) is 5.91. The van der Waals surface area contributed by atoms with Gasteiger partial charge in [-0.25, -0.2) is 4.79 Å². The van der Waals surface area contributed by atoms with Crippen LogP contribution < -0.4 is 5.32 Å². The molecule has 0 spiro atoms. The maximum atomic E-state index is 12.4. The lowest BCUT2D eigenvalue weighted by Gasteiger charge is -2.15. The number of unbranched alkanes of at least 4 members (excludes halogenated alkanes) is 3. The van der Waals surface area contributed by atoms with E-state index < -0.39 is 0 Å². The van der Waals surface area contributed by atoms with Gasteiger partial charge < -0.3 is 10.1 Å². The second-order valence-electron chi connectivity index (χ2n) is 13.8. The smallest absolute Gasteiger partial charge is 0.338 e. The Morgan fingerprint density at radius 2 is 0.946 bits per heavy atom. The van der Waals surface area contributed by atoms with Crippen LogP contribution in [0.5, 0.6) is 0 Å². The average molecular weight is 740 g/mol. The number of nitrogens with zero attached hydrogens (tertiary/aromatic N) is 6. The van der Waals surface area contributed by atoms with E-state index in [0.717, 1.165) is 87.2 Å². The minimum absolute atomic E-state index is 0.323. The fourth-order valence-electron chi connectivity index (χ4n) is 6.52. The molecule has 7 aromatic carbocycles. The fraction of sp³-hybridized carbons (Fsp3) is 0.213. The van der Waals surface area contributed by atoms with Gasteiger partial charge >= 0.3 is 5.97 Å². The van der Waals surface area contributed by atoms with Crippen molar-refractivity contribution in [2.45, 2.75) is 58.9 Å². The van der Waals surface area contributed by atoms with Crippen LogP contribution in [0.2, 0.25) is 0 Å². The van der Waals surface area contributed by atoms with Crippen molar-refractivity contribution in [3.05, 3.63) is 139 Å². The minimum atomic E-state index is -0.323. The molecule has 56 heavy (non-hydrogen) atoms. The van der Waals surface area contributed by atoms with Crippen LogP contribution in [-0.2, 0) is 4.74 Å². The topological polar surface area (TPSA) is 112 Å². The van der Waals surface area contributed by atoms with Gasteiger partial charge in [0.15, 0.2) is 0 Å². The van der Waals surface area contributed by atoms with Crippen LogP contribution in [0.1, 0.15) is 63.2 Å². The fourth-order valence-corrected chi connectivity index (χ4v) is 6.52. The number of anilines is 1. The molecule has 0 bridgehead atoms. The van der Waals surface area contributed by atoms with E-state index in [-0.39, 0.29) is 5.97 Å². The highest BCUT2D eigenvalue weighted by Gasteiger charge is 2.11. The molecule has 0 aliphatic carbocycles. The Morgan fingerprint density at radius 3 is 1.41 bits per heavy atom. The molecule has 0 fully saturated rings. The van der Waals surface area contributed by atoms with Gasteiger partial charge in [-0.1, -0.05) is 106 Å². The number of carbonyl (C=O) groups excluding carboxylic acids is 1. The summed E-state index contributed by atoms with van der Waals surface area (Å²) in [5.74, 6) is -0.323. The number of hydrogen-bond acceptors (Lipinski definition) is 9. The SMILES string of the molecule is CCCCCCOC(=O)c1ccc(/N=N/c2ccc(/N=N/c3ccc(/N=N/c4ccc(NC(C)CC)c5ccccc45)c4ccccc34)c3ccccc23)cc1. The number of hydrogen-bond donors (Lipinski definition) is 1. The van der Waals surface area contributed by atoms with E-state index in [1.54, 1.807) is 24.3 Å². The van der Waals surface area contributed by atoms with E-state index in [1.165, 1.54) is 0 Å².